The van der Waals surface area contributed by atoms with E-state index in [1.54, 1.807) is 12.1 Å². The third kappa shape index (κ3) is 6.30. The number of methoxy groups -OCH3 is 1. The van der Waals surface area contributed by atoms with Crippen molar-refractivity contribution in [3.63, 3.8) is 0 Å². The van der Waals surface area contributed by atoms with Crippen LogP contribution in [-0.2, 0) is 6.61 Å². The van der Waals surface area contributed by atoms with Gasteiger partial charge in [-0.3, -0.25) is 14.9 Å². The summed E-state index contributed by atoms with van der Waals surface area (Å²) >= 11 is 9.25. The molecule has 0 radical (unpaired) electrons. The number of amides is 1. The number of hydrogen-bond acceptors (Lipinski definition) is 6. The zero-order valence-corrected chi connectivity index (χ0v) is 20.0. The van der Waals surface area contributed by atoms with Crippen LogP contribution in [0.5, 0.6) is 11.5 Å². The molecule has 0 saturated heterocycles. The van der Waals surface area contributed by atoms with Crippen LogP contribution in [0.3, 0.4) is 0 Å². The Morgan fingerprint density at radius 2 is 1.94 bits per heavy atom. The molecule has 3 aromatic rings. The molecule has 1 amide bonds. The van der Waals surface area contributed by atoms with E-state index in [0.29, 0.717) is 28.1 Å². The van der Waals surface area contributed by atoms with Gasteiger partial charge in [-0.1, -0.05) is 41.4 Å². The number of hydrogen-bond donors (Lipinski definition) is 1. The molecular formula is C23H19BrClN3O5. The van der Waals surface area contributed by atoms with Gasteiger partial charge in [-0.25, -0.2) is 5.43 Å². The van der Waals surface area contributed by atoms with E-state index in [2.05, 4.69) is 26.5 Å². The molecule has 0 atom stereocenters. The van der Waals surface area contributed by atoms with E-state index in [-0.39, 0.29) is 16.3 Å². The Morgan fingerprint density at radius 1 is 1.21 bits per heavy atom. The van der Waals surface area contributed by atoms with Gasteiger partial charge in [-0.05, 0) is 58.2 Å². The van der Waals surface area contributed by atoms with Crippen LogP contribution in [0, 0.1) is 17.0 Å². The van der Waals surface area contributed by atoms with Crippen LogP contribution in [0.1, 0.15) is 27.0 Å². The van der Waals surface area contributed by atoms with E-state index in [1.807, 2.05) is 31.2 Å². The van der Waals surface area contributed by atoms with Crippen LogP contribution in [-0.4, -0.2) is 24.2 Å². The normalized spacial score (nSPS) is 10.8. The molecule has 0 aliphatic carbocycles. The zero-order valence-electron chi connectivity index (χ0n) is 17.7. The second-order valence-corrected chi connectivity index (χ2v) is 8.19. The standard InChI is InChI=1S/C23H19BrClN3O5/c1-14-3-5-15(6-4-14)13-33-22-18(24)9-16(10-21(22)32-2)12-26-27-23(29)17-7-8-19(25)20(11-17)28(30)31/h3-12H,13H2,1-2H3,(H,27,29)/b26-12-. The Hall–Kier alpha value is -3.43. The Labute approximate surface area is 203 Å². The average Bonchev–Trinajstić information content (AvgIpc) is 2.79. The van der Waals surface area contributed by atoms with E-state index in [1.165, 1.54) is 31.0 Å². The van der Waals surface area contributed by atoms with Crippen LogP contribution in [0.25, 0.3) is 0 Å². The first-order chi connectivity index (χ1) is 15.8. The Morgan fingerprint density at radius 3 is 2.61 bits per heavy atom. The summed E-state index contributed by atoms with van der Waals surface area (Å²) in [5.74, 6) is 0.403. The number of carbonyl (C=O) groups is 1. The molecule has 0 bridgehead atoms. The third-order valence-electron chi connectivity index (χ3n) is 4.54. The lowest BCUT2D eigenvalue weighted by molar-refractivity contribution is -0.384. The molecule has 3 aromatic carbocycles. The van der Waals surface area contributed by atoms with Gasteiger partial charge in [0.05, 0.1) is 22.7 Å². The van der Waals surface area contributed by atoms with Gasteiger partial charge in [0.15, 0.2) is 11.5 Å². The van der Waals surface area contributed by atoms with Crippen molar-refractivity contribution in [3.05, 3.63) is 96.5 Å². The van der Waals surface area contributed by atoms with Gasteiger partial charge in [0.1, 0.15) is 11.6 Å². The highest BCUT2D eigenvalue weighted by atomic mass is 79.9. The van der Waals surface area contributed by atoms with Gasteiger partial charge in [0.25, 0.3) is 11.6 Å². The predicted molar refractivity (Wildman–Crippen MR) is 129 cm³/mol. The average molecular weight is 533 g/mol. The van der Waals surface area contributed by atoms with Crippen LogP contribution >= 0.6 is 27.5 Å². The minimum Gasteiger partial charge on any atom is -0.493 e. The van der Waals surface area contributed by atoms with Gasteiger partial charge in [-0.2, -0.15) is 5.10 Å². The van der Waals surface area contributed by atoms with Crippen molar-refractivity contribution in [3.8, 4) is 11.5 Å². The number of benzene rings is 3. The van der Waals surface area contributed by atoms with Crippen molar-refractivity contribution < 1.29 is 19.2 Å². The summed E-state index contributed by atoms with van der Waals surface area (Å²) in [5, 5.41) is 14.9. The molecule has 10 heteroatoms. The minimum absolute atomic E-state index is 0.0540. The molecule has 0 fully saturated rings. The molecule has 0 saturated carbocycles. The number of ether oxygens (including phenoxy) is 2. The topological polar surface area (TPSA) is 103 Å². The lowest BCUT2D eigenvalue weighted by Crippen LogP contribution is -2.17. The van der Waals surface area contributed by atoms with E-state index < -0.39 is 10.8 Å². The maximum Gasteiger partial charge on any atom is 0.288 e. The van der Waals surface area contributed by atoms with Crippen LogP contribution in [0.4, 0.5) is 5.69 Å². The lowest BCUT2D eigenvalue weighted by atomic mass is 10.2. The van der Waals surface area contributed by atoms with Crippen LogP contribution < -0.4 is 14.9 Å². The number of nitro groups is 1. The first-order valence-corrected chi connectivity index (χ1v) is 10.8. The molecule has 0 aliphatic heterocycles. The molecule has 0 unspecified atom stereocenters. The van der Waals surface area contributed by atoms with Gasteiger partial charge in [0.2, 0.25) is 0 Å². The molecule has 1 N–H and O–H groups in total. The largest absolute Gasteiger partial charge is 0.493 e. The number of halogens is 2. The molecule has 0 aliphatic rings. The lowest BCUT2D eigenvalue weighted by Gasteiger charge is -2.13. The molecule has 0 spiro atoms. The second-order valence-electron chi connectivity index (χ2n) is 6.93. The van der Waals surface area contributed by atoms with Crippen molar-refractivity contribution in [1.82, 2.24) is 5.43 Å². The quantitative estimate of drug-likeness (QED) is 0.229. The summed E-state index contributed by atoms with van der Waals surface area (Å²) < 4.78 is 12.0. The van der Waals surface area contributed by atoms with E-state index >= 15 is 0 Å². The number of rotatable bonds is 8. The van der Waals surface area contributed by atoms with Gasteiger partial charge < -0.3 is 9.47 Å². The van der Waals surface area contributed by atoms with Gasteiger partial charge >= 0.3 is 0 Å². The summed E-state index contributed by atoms with van der Waals surface area (Å²) in [6, 6.07) is 15.2. The second kappa shape index (κ2) is 10.9. The monoisotopic (exact) mass is 531 g/mol. The smallest absolute Gasteiger partial charge is 0.288 e. The van der Waals surface area contributed by atoms with Crippen molar-refractivity contribution in [1.29, 1.82) is 0 Å². The number of carbonyl (C=O) groups excluding carboxylic acids is 1. The number of aryl methyl sites for hydroxylation is 1. The number of nitro benzene ring substituents is 1. The molecular weight excluding hydrogens is 514 g/mol. The highest BCUT2D eigenvalue weighted by molar-refractivity contribution is 9.10. The van der Waals surface area contributed by atoms with Gasteiger partial charge in [-0.15, -0.1) is 0 Å². The molecule has 0 heterocycles. The van der Waals surface area contributed by atoms with Crippen molar-refractivity contribution in [2.45, 2.75) is 13.5 Å². The maximum atomic E-state index is 12.3. The fourth-order valence-corrected chi connectivity index (χ4v) is 3.58. The maximum absolute atomic E-state index is 12.3. The number of nitrogens with one attached hydrogen (secondary N) is 1. The van der Waals surface area contributed by atoms with Crippen molar-refractivity contribution in [2.24, 2.45) is 5.10 Å². The number of hydrazone groups is 1. The van der Waals surface area contributed by atoms with Gasteiger partial charge in [0, 0.05) is 11.6 Å². The predicted octanol–water partition coefficient (Wildman–Crippen LogP) is 5.67. The Bertz CT molecular complexity index is 1220. The minimum atomic E-state index is -0.658. The third-order valence-corrected chi connectivity index (χ3v) is 5.45. The summed E-state index contributed by atoms with van der Waals surface area (Å²) in [5.41, 5.74) is 4.85. The summed E-state index contributed by atoms with van der Waals surface area (Å²) in [7, 11) is 1.52. The zero-order chi connectivity index (χ0) is 24.0. The Balaban J connectivity index is 1.70. The van der Waals surface area contributed by atoms with E-state index in [4.69, 9.17) is 21.1 Å². The molecule has 8 nitrogen and oxygen atoms in total. The number of nitrogens with zero attached hydrogens (tertiary/aromatic N) is 2. The highest BCUT2D eigenvalue weighted by Gasteiger charge is 2.16. The van der Waals surface area contributed by atoms with Crippen molar-refractivity contribution in [2.75, 3.05) is 7.11 Å². The van der Waals surface area contributed by atoms with E-state index in [0.717, 1.165) is 11.6 Å². The summed E-state index contributed by atoms with van der Waals surface area (Å²) in [4.78, 5) is 22.6. The molecule has 0 aromatic heterocycles. The SMILES string of the molecule is COc1cc(/C=N\NC(=O)c2ccc(Cl)c([N+](=O)[O-])c2)cc(Br)c1OCc1ccc(C)cc1. The summed E-state index contributed by atoms with van der Waals surface area (Å²) in [6.45, 7) is 2.39. The fraction of sp³-hybridized carbons (Fsp3) is 0.130. The first kappa shape index (κ1) is 24.2. The highest BCUT2D eigenvalue weighted by Crippen LogP contribution is 2.37. The van der Waals surface area contributed by atoms with Crippen molar-refractivity contribution >= 4 is 45.3 Å². The molecule has 3 rings (SSSR count). The van der Waals surface area contributed by atoms with Crippen LogP contribution in [0.15, 0.2) is 64.2 Å². The fourth-order valence-electron chi connectivity index (χ4n) is 2.82. The molecule has 33 heavy (non-hydrogen) atoms. The van der Waals surface area contributed by atoms with Crippen LogP contribution in [0.2, 0.25) is 5.02 Å². The Kier molecular flexibility index (Phi) is 8.02. The molecule has 170 valence electrons. The first-order valence-electron chi connectivity index (χ1n) is 9.61. The van der Waals surface area contributed by atoms with E-state index in [9.17, 15) is 14.9 Å². The summed E-state index contributed by atoms with van der Waals surface area (Å²) in [6.07, 6.45) is 1.42.